The topological polar surface area (TPSA) is 51.8 Å². The lowest BCUT2D eigenvalue weighted by molar-refractivity contribution is 0.670. The molecule has 0 aliphatic heterocycles. The molecule has 4 heteroatoms. The summed E-state index contributed by atoms with van der Waals surface area (Å²) >= 11 is 0. The van der Waals surface area contributed by atoms with Crippen LogP contribution in [-0.4, -0.2) is 15.0 Å². The summed E-state index contributed by atoms with van der Waals surface area (Å²) in [5.41, 5.74) is 6.53. The predicted molar refractivity (Wildman–Crippen MR) is 201 cm³/mol. The number of nitrogens with zero attached hydrogens (tertiary/aromatic N) is 3. The fourth-order valence-electron chi connectivity index (χ4n) is 7.03. The number of hydrogen-bond donors (Lipinski definition) is 0. The largest absolute Gasteiger partial charge is 0.455 e. The van der Waals surface area contributed by atoms with Gasteiger partial charge in [-0.25, -0.2) is 15.0 Å². The van der Waals surface area contributed by atoms with E-state index < -0.39 is 0 Å². The molecule has 0 N–H and O–H groups in total. The highest BCUT2D eigenvalue weighted by molar-refractivity contribution is 6.14. The van der Waals surface area contributed by atoms with Gasteiger partial charge in [-0.15, -0.1) is 0 Å². The molecule has 228 valence electrons. The first-order valence-electron chi connectivity index (χ1n) is 16.4. The minimum atomic E-state index is 0.608. The molecule has 2 heterocycles. The maximum absolute atomic E-state index is 6.64. The standard InChI is InChI=1S/C45H27N3O/c1-3-11-28(12-4-1)38-25-35(26-40-39-24-31-16-7-8-17-32(31)27-41(39)49-42(38)40)45-47-43(30-14-5-2-6-15-30)46-44(48-45)34-21-22-37-33(23-34)20-19-29-13-9-10-18-36(29)37/h1-27H. The molecular formula is C45H27N3O. The van der Waals surface area contributed by atoms with E-state index >= 15 is 0 Å². The minimum Gasteiger partial charge on any atom is -0.455 e. The van der Waals surface area contributed by atoms with Crippen molar-refractivity contribution in [3.63, 3.8) is 0 Å². The van der Waals surface area contributed by atoms with Crippen molar-refractivity contribution in [2.75, 3.05) is 0 Å². The van der Waals surface area contributed by atoms with Crippen LogP contribution < -0.4 is 0 Å². The molecule has 8 aromatic carbocycles. The van der Waals surface area contributed by atoms with Gasteiger partial charge in [0.2, 0.25) is 0 Å². The quantitative estimate of drug-likeness (QED) is 0.183. The van der Waals surface area contributed by atoms with E-state index in [9.17, 15) is 0 Å². The molecule has 0 bridgehead atoms. The number of hydrogen-bond acceptors (Lipinski definition) is 4. The summed E-state index contributed by atoms with van der Waals surface area (Å²) in [6, 6.07) is 56.9. The van der Waals surface area contributed by atoms with Crippen molar-refractivity contribution in [3.05, 3.63) is 164 Å². The lowest BCUT2D eigenvalue weighted by atomic mass is 9.98. The van der Waals surface area contributed by atoms with Crippen LogP contribution in [0.1, 0.15) is 0 Å². The smallest absolute Gasteiger partial charge is 0.164 e. The van der Waals surface area contributed by atoms with Gasteiger partial charge in [0.05, 0.1) is 0 Å². The van der Waals surface area contributed by atoms with Crippen molar-refractivity contribution < 1.29 is 4.42 Å². The third-order valence-corrected chi connectivity index (χ3v) is 9.45. The van der Waals surface area contributed by atoms with Crippen LogP contribution >= 0.6 is 0 Å². The summed E-state index contributed by atoms with van der Waals surface area (Å²) in [7, 11) is 0. The van der Waals surface area contributed by atoms with Crippen LogP contribution in [0.15, 0.2) is 168 Å². The molecule has 10 rings (SSSR count). The average Bonchev–Trinajstić information content (AvgIpc) is 3.54. The Morgan fingerprint density at radius 3 is 1.69 bits per heavy atom. The molecule has 0 radical (unpaired) electrons. The highest BCUT2D eigenvalue weighted by Gasteiger charge is 2.19. The highest BCUT2D eigenvalue weighted by atomic mass is 16.3. The Hall–Kier alpha value is -6.65. The Morgan fingerprint density at radius 1 is 0.327 bits per heavy atom. The van der Waals surface area contributed by atoms with E-state index in [1.807, 2.05) is 36.4 Å². The van der Waals surface area contributed by atoms with Crippen molar-refractivity contribution in [1.29, 1.82) is 0 Å². The molecule has 0 saturated heterocycles. The summed E-state index contributed by atoms with van der Waals surface area (Å²) in [6.07, 6.45) is 0. The van der Waals surface area contributed by atoms with Gasteiger partial charge in [-0.1, -0.05) is 133 Å². The molecule has 4 nitrogen and oxygen atoms in total. The Morgan fingerprint density at radius 2 is 0.918 bits per heavy atom. The molecule has 10 aromatic rings. The van der Waals surface area contributed by atoms with Gasteiger partial charge in [0.1, 0.15) is 11.2 Å². The van der Waals surface area contributed by atoms with E-state index in [1.54, 1.807) is 0 Å². The van der Waals surface area contributed by atoms with Crippen LogP contribution in [0, 0.1) is 0 Å². The number of aromatic nitrogens is 3. The third-order valence-electron chi connectivity index (χ3n) is 9.45. The maximum atomic E-state index is 6.64. The van der Waals surface area contributed by atoms with Crippen molar-refractivity contribution in [2.24, 2.45) is 0 Å². The van der Waals surface area contributed by atoms with Gasteiger partial charge in [-0.05, 0) is 68.2 Å². The van der Waals surface area contributed by atoms with E-state index in [0.717, 1.165) is 60.5 Å². The zero-order valence-electron chi connectivity index (χ0n) is 26.3. The number of rotatable bonds is 4. The zero-order valence-corrected chi connectivity index (χ0v) is 26.3. The maximum Gasteiger partial charge on any atom is 0.164 e. The first kappa shape index (κ1) is 27.5. The summed E-state index contributed by atoms with van der Waals surface area (Å²) < 4.78 is 6.64. The Labute approximate surface area is 282 Å². The number of benzene rings is 8. The van der Waals surface area contributed by atoms with E-state index in [1.165, 1.54) is 21.5 Å². The van der Waals surface area contributed by atoms with Gasteiger partial charge in [0.15, 0.2) is 17.5 Å². The first-order valence-corrected chi connectivity index (χ1v) is 16.4. The Balaban J connectivity index is 1.23. The second-order valence-corrected chi connectivity index (χ2v) is 12.5. The van der Waals surface area contributed by atoms with Crippen molar-refractivity contribution in [2.45, 2.75) is 0 Å². The molecule has 0 amide bonds. The predicted octanol–water partition coefficient (Wildman–Crippen LogP) is 11.9. The normalized spacial score (nSPS) is 11.7. The van der Waals surface area contributed by atoms with E-state index in [-0.39, 0.29) is 0 Å². The van der Waals surface area contributed by atoms with Crippen LogP contribution in [-0.2, 0) is 0 Å². The van der Waals surface area contributed by atoms with Crippen molar-refractivity contribution in [1.82, 2.24) is 15.0 Å². The summed E-state index contributed by atoms with van der Waals surface area (Å²) in [4.78, 5) is 15.3. The first-order chi connectivity index (χ1) is 24.2. The second-order valence-electron chi connectivity index (χ2n) is 12.5. The molecular weight excluding hydrogens is 599 g/mol. The number of furan rings is 1. The van der Waals surface area contributed by atoms with Crippen LogP contribution in [0.3, 0.4) is 0 Å². The lowest BCUT2D eigenvalue weighted by Crippen LogP contribution is -2.00. The Kier molecular flexibility index (Phi) is 6.15. The molecule has 0 fully saturated rings. The molecule has 0 unspecified atom stereocenters. The van der Waals surface area contributed by atoms with Crippen molar-refractivity contribution in [3.8, 4) is 45.3 Å². The van der Waals surface area contributed by atoms with Gasteiger partial charge in [0.25, 0.3) is 0 Å². The van der Waals surface area contributed by atoms with Gasteiger partial charge >= 0.3 is 0 Å². The fraction of sp³-hybridized carbons (Fsp3) is 0. The lowest BCUT2D eigenvalue weighted by Gasteiger charge is -2.11. The second kappa shape index (κ2) is 11.0. The summed E-state index contributed by atoms with van der Waals surface area (Å²) in [5.74, 6) is 1.86. The Bertz CT molecular complexity index is 2880. The molecule has 2 aromatic heterocycles. The molecule has 0 spiro atoms. The molecule has 0 saturated carbocycles. The molecule has 0 atom stereocenters. The zero-order chi connectivity index (χ0) is 32.3. The van der Waals surface area contributed by atoms with Crippen molar-refractivity contribution >= 4 is 54.3 Å². The molecule has 0 aliphatic carbocycles. The number of fused-ring (bicyclic) bond motifs is 7. The van der Waals surface area contributed by atoms with Crippen LogP contribution in [0.4, 0.5) is 0 Å². The SMILES string of the molecule is c1ccc(-c2nc(-c3ccc4c(ccc5ccccc54)c3)nc(-c3cc(-c4ccccc4)c4oc5cc6ccccc6cc5c4c3)n2)cc1. The van der Waals surface area contributed by atoms with Crippen LogP contribution in [0.2, 0.25) is 0 Å². The summed E-state index contributed by atoms with van der Waals surface area (Å²) in [5, 5.41) is 9.21. The molecule has 49 heavy (non-hydrogen) atoms. The fourth-order valence-corrected chi connectivity index (χ4v) is 7.03. The monoisotopic (exact) mass is 625 g/mol. The molecule has 0 aliphatic rings. The van der Waals surface area contributed by atoms with Gasteiger partial charge in [-0.2, -0.15) is 0 Å². The van der Waals surface area contributed by atoms with Crippen LogP contribution in [0.5, 0.6) is 0 Å². The van der Waals surface area contributed by atoms with E-state index in [0.29, 0.717) is 17.5 Å². The van der Waals surface area contributed by atoms with E-state index in [4.69, 9.17) is 19.4 Å². The van der Waals surface area contributed by atoms with E-state index in [2.05, 4.69) is 127 Å². The van der Waals surface area contributed by atoms with Gasteiger partial charge in [-0.3, -0.25) is 0 Å². The highest BCUT2D eigenvalue weighted by Crippen LogP contribution is 2.41. The van der Waals surface area contributed by atoms with Crippen LogP contribution in [0.25, 0.3) is 99.5 Å². The summed E-state index contributed by atoms with van der Waals surface area (Å²) in [6.45, 7) is 0. The van der Waals surface area contributed by atoms with Gasteiger partial charge in [0, 0.05) is 33.0 Å². The third kappa shape index (κ3) is 4.65. The minimum absolute atomic E-state index is 0.608. The average molecular weight is 626 g/mol. The van der Waals surface area contributed by atoms with Gasteiger partial charge < -0.3 is 4.42 Å².